The molecule has 5 rings (SSSR count). The largest absolute Gasteiger partial charge is 0.497 e. The smallest absolute Gasteiger partial charge is 0.261 e. The highest BCUT2D eigenvalue weighted by Gasteiger charge is 2.21. The Balaban J connectivity index is 1.11. The van der Waals surface area contributed by atoms with Crippen LogP contribution in [0.1, 0.15) is 21.5 Å². The second kappa shape index (κ2) is 11.8. The topological polar surface area (TPSA) is 104 Å². The highest BCUT2D eigenvalue weighted by atomic mass is 32.2. The number of aromatic nitrogens is 1. The second-order valence-electron chi connectivity index (χ2n) is 9.82. The minimum Gasteiger partial charge on any atom is -0.497 e. The van der Waals surface area contributed by atoms with Gasteiger partial charge in [-0.05, 0) is 67.4 Å². The van der Waals surface area contributed by atoms with Crippen LogP contribution in [0.2, 0.25) is 0 Å². The number of amides is 1. The summed E-state index contributed by atoms with van der Waals surface area (Å²) in [5.41, 5.74) is 4.28. The van der Waals surface area contributed by atoms with E-state index in [1.54, 1.807) is 41.7 Å². The first-order valence-electron chi connectivity index (χ1n) is 13.1. The summed E-state index contributed by atoms with van der Waals surface area (Å²) in [5.74, 6) is 0.321. The third-order valence-corrected chi connectivity index (χ3v) is 9.68. The molecule has 11 heteroatoms. The number of benzene rings is 3. The molecule has 0 aliphatic carbocycles. The number of piperazine rings is 1. The number of nitrogens with zero attached hydrogens (tertiary/aromatic N) is 3. The van der Waals surface area contributed by atoms with E-state index in [0.29, 0.717) is 23.5 Å². The van der Waals surface area contributed by atoms with Gasteiger partial charge >= 0.3 is 0 Å². The zero-order valence-electron chi connectivity index (χ0n) is 22.8. The highest BCUT2D eigenvalue weighted by molar-refractivity contribution is 7.92. The lowest BCUT2D eigenvalue weighted by Crippen LogP contribution is -2.48. The van der Waals surface area contributed by atoms with Crippen LogP contribution in [-0.2, 0) is 10.0 Å². The van der Waals surface area contributed by atoms with Gasteiger partial charge in [-0.2, -0.15) is 0 Å². The Hall–Kier alpha value is -3.67. The number of carbonyl (C=O) groups excluding carboxylic acids is 1. The van der Waals surface area contributed by atoms with E-state index in [2.05, 4.69) is 45.8 Å². The van der Waals surface area contributed by atoms with Gasteiger partial charge in [-0.25, -0.2) is 13.4 Å². The summed E-state index contributed by atoms with van der Waals surface area (Å²) in [4.78, 5) is 22.5. The van der Waals surface area contributed by atoms with Crippen LogP contribution in [-0.4, -0.2) is 70.6 Å². The monoisotopic (exact) mass is 579 g/mol. The molecule has 40 heavy (non-hydrogen) atoms. The lowest BCUT2D eigenvalue weighted by atomic mass is 10.1. The minimum atomic E-state index is -3.80. The van der Waals surface area contributed by atoms with Crippen LogP contribution in [0.15, 0.2) is 65.6 Å². The number of anilines is 2. The number of carbonyl (C=O) groups is 1. The van der Waals surface area contributed by atoms with E-state index in [-0.39, 0.29) is 10.8 Å². The van der Waals surface area contributed by atoms with Gasteiger partial charge in [-0.1, -0.05) is 29.5 Å². The van der Waals surface area contributed by atoms with Crippen molar-refractivity contribution in [1.82, 2.24) is 15.2 Å². The van der Waals surface area contributed by atoms with Gasteiger partial charge in [0.1, 0.15) is 5.75 Å². The van der Waals surface area contributed by atoms with Crippen molar-refractivity contribution >= 4 is 48.3 Å². The van der Waals surface area contributed by atoms with E-state index in [1.807, 2.05) is 0 Å². The summed E-state index contributed by atoms with van der Waals surface area (Å²) in [5, 5.41) is 4.03. The molecule has 1 aliphatic heterocycles. The molecule has 210 valence electrons. The van der Waals surface area contributed by atoms with Gasteiger partial charge in [0.15, 0.2) is 5.13 Å². The van der Waals surface area contributed by atoms with Gasteiger partial charge < -0.3 is 15.0 Å². The molecule has 0 bridgehead atoms. The summed E-state index contributed by atoms with van der Waals surface area (Å²) in [7, 11) is -2.28. The summed E-state index contributed by atoms with van der Waals surface area (Å²) >= 11 is 1.76. The third kappa shape index (κ3) is 6.22. The highest BCUT2D eigenvalue weighted by Crippen LogP contribution is 2.33. The Kier molecular flexibility index (Phi) is 8.24. The first kappa shape index (κ1) is 27.9. The van der Waals surface area contributed by atoms with E-state index >= 15 is 0 Å². The van der Waals surface area contributed by atoms with E-state index < -0.39 is 10.0 Å². The van der Waals surface area contributed by atoms with Gasteiger partial charge in [0.05, 0.1) is 22.2 Å². The average molecular weight is 580 g/mol. The molecule has 0 atom stereocenters. The van der Waals surface area contributed by atoms with E-state index in [0.717, 1.165) is 43.4 Å². The Morgan fingerprint density at radius 1 is 1.00 bits per heavy atom. The minimum absolute atomic E-state index is 0.108. The lowest BCUT2D eigenvalue weighted by molar-refractivity contribution is 0.0948. The maximum Gasteiger partial charge on any atom is 0.261 e. The number of hydrogen-bond donors (Lipinski definition) is 2. The molecule has 1 amide bonds. The Morgan fingerprint density at radius 2 is 1.73 bits per heavy atom. The number of thiazole rings is 1. The molecule has 1 saturated heterocycles. The third-order valence-electron chi connectivity index (χ3n) is 7.03. The number of hydrogen-bond acceptors (Lipinski definition) is 8. The maximum atomic E-state index is 12.8. The van der Waals surface area contributed by atoms with E-state index in [9.17, 15) is 13.2 Å². The van der Waals surface area contributed by atoms with Gasteiger partial charge in [0.2, 0.25) is 0 Å². The average Bonchev–Trinajstić information content (AvgIpc) is 3.42. The van der Waals surface area contributed by atoms with Crippen molar-refractivity contribution < 1.29 is 17.9 Å². The van der Waals surface area contributed by atoms with Crippen molar-refractivity contribution in [2.75, 3.05) is 56.0 Å². The molecule has 0 unspecified atom stereocenters. The summed E-state index contributed by atoms with van der Waals surface area (Å²) < 4.78 is 34.4. The number of fused-ring (bicyclic) bond motifs is 1. The predicted molar refractivity (Wildman–Crippen MR) is 160 cm³/mol. The number of sulfonamides is 1. The van der Waals surface area contributed by atoms with Crippen LogP contribution in [0.4, 0.5) is 10.8 Å². The number of aryl methyl sites for hydroxylation is 2. The van der Waals surface area contributed by atoms with Crippen molar-refractivity contribution in [3.8, 4) is 5.75 Å². The van der Waals surface area contributed by atoms with Crippen molar-refractivity contribution in [1.29, 1.82) is 0 Å². The molecule has 3 aromatic carbocycles. The van der Waals surface area contributed by atoms with Crippen LogP contribution in [0.3, 0.4) is 0 Å². The second-order valence-corrected chi connectivity index (χ2v) is 12.5. The van der Waals surface area contributed by atoms with Crippen molar-refractivity contribution in [2.24, 2.45) is 0 Å². The molecular weight excluding hydrogens is 546 g/mol. The zero-order chi connectivity index (χ0) is 28.3. The fourth-order valence-electron chi connectivity index (χ4n) is 4.67. The Labute approximate surface area is 238 Å². The summed E-state index contributed by atoms with van der Waals surface area (Å²) in [6, 6.07) is 16.9. The molecule has 0 radical (unpaired) electrons. The first-order chi connectivity index (χ1) is 19.2. The fraction of sp³-hybridized carbons (Fsp3) is 0.310. The van der Waals surface area contributed by atoms with Crippen LogP contribution in [0.5, 0.6) is 5.75 Å². The quantitative estimate of drug-likeness (QED) is 0.305. The molecule has 9 nitrogen and oxygen atoms in total. The molecule has 1 aromatic heterocycles. The molecule has 0 spiro atoms. The zero-order valence-corrected chi connectivity index (χ0v) is 24.4. The van der Waals surface area contributed by atoms with Crippen molar-refractivity contribution in [3.05, 3.63) is 77.4 Å². The normalized spacial score (nSPS) is 14.3. The number of nitrogens with one attached hydrogen (secondary N) is 2. The molecule has 0 saturated carbocycles. The van der Waals surface area contributed by atoms with Crippen LogP contribution < -0.4 is 19.7 Å². The van der Waals surface area contributed by atoms with Gasteiger partial charge in [0, 0.05) is 50.5 Å². The van der Waals surface area contributed by atoms with Gasteiger partial charge in [-0.15, -0.1) is 0 Å². The number of ether oxygens (including phenoxy) is 1. The molecule has 1 aliphatic rings. The summed E-state index contributed by atoms with van der Waals surface area (Å²) in [6.45, 7) is 9.05. The van der Waals surface area contributed by atoms with Crippen LogP contribution >= 0.6 is 11.3 Å². The van der Waals surface area contributed by atoms with E-state index in [4.69, 9.17) is 9.72 Å². The number of methoxy groups -OCH3 is 1. The first-order valence-corrected chi connectivity index (χ1v) is 15.4. The van der Waals surface area contributed by atoms with Gasteiger partial charge in [-0.3, -0.25) is 14.4 Å². The van der Waals surface area contributed by atoms with Gasteiger partial charge in [0.25, 0.3) is 15.9 Å². The SMILES string of the molecule is COc1ccc(S(=O)(=O)Nc2cccc(C(=O)NCCN3CCN(c4nc5c(C)ccc(C)c5s4)CC3)c2)cc1. The predicted octanol–water partition coefficient (Wildman–Crippen LogP) is 4.27. The Morgan fingerprint density at radius 3 is 2.42 bits per heavy atom. The summed E-state index contributed by atoms with van der Waals surface area (Å²) in [6.07, 6.45) is 0. The molecule has 2 heterocycles. The van der Waals surface area contributed by atoms with Crippen molar-refractivity contribution in [3.63, 3.8) is 0 Å². The molecule has 1 fully saturated rings. The standard InChI is InChI=1S/C29H33N5O4S2/c1-20-7-8-21(2)27-26(20)31-29(39-27)34-17-15-33(16-18-34)14-13-30-28(35)22-5-4-6-23(19-22)32-40(36,37)25-11-9-24(38-3)10-12-25/h4-12,19,32H,13-18H2,1-3H3,(H,30,35). The van der Waals surface area contributed by atoms with Crippen molar-refractivity contribution in [2.45, 2.75) is 18.7 Å². The fourth-order valence-corrected chi connectivity index (χ4v) is 6.88. The molecule has 4 aromatic rings. The number of rotatable bonds is 9. The van der Waals surface area contributed by atoms with Crippen LogP contribution in [0, 0.1) is 13.8 Å². The van der Waals surface area contributed by atoms with Crippen LogP contribution in [0.25, 0.3) is 10.2 Å². The lowest BCUT2D eigenvalue weighted by Gasteiger charge is -2.34. The Bertz CT molecular complexity index is 1570. The maximum absolute atomic E-state index is 12.8. The van der Waals surface area contributed by atoms with E-state index in [1.165, 1.54) is 41.1 Å². The molecule has 2 N–H and O–H groups in total. The molecular formula is C29H33N5O4S2.